The minimum Gasteiger partial charge on any atom is -0.378 e. The molecule has 3 rings (SSSR count). The zero-order valence-corrected chi connectivity index (χ0v) is 23.0. The van der Waals surface area contributed by atoms with Crippen LogP contribution in [-0.4, -0.2) is 67.1 Å². The number of nitrogens with zero attached hydrogens (tertiary/aromatic N) is 7. The molecular weight excluding hydrogens is 552 g/mol. The Labute approximate surface area is 228 Å². The van der Waals surface area contributed by atoms with E-state index in [0.717, 1.165) is 22.5 Å². The van der Waals surface area contributed by atoms with Gasteiger partial charge in [0, 0.05) is 33.9 Å². The van der Waals surface area contributed by atoms with Gasteiger partial charge in [0.1, 0.15) is 17.3 Å². The molecule has 0 unspecified atom stereocenters. The van der Waals surface area contributed by atoms with Gasteiger partial charge >= 0.3 is 6.03 Å². The maximum Gasteiger partial charge on any atom is 0.321 e. The Balaban J connectivity index is 2.21. The number of urea groups is 1. The van der Waals surface area contributed by atoms with E-state index < -0.39 is 21.0 Å². The van der Waals surface area contributed by atoms with Crippen LogP contribution in [0, 0.1) is 18.3 Å². The number of carbonyl (C=O) groups is 1. The van der Waals surface area contributed by atoms with Crippen LogP contribution in [0.5, 0.6) is 0 Å². The highest BCUT2D eigenvalue weighted by Crippen LogP contribution is 2.36. The number of aromatic nitrogens is 2. The fraction of sp³-hybridized carbons (Fsp3) is 0.227. The van der Waals surface area contributed by atoms with E-state index in [4.69, 9.17) is 5.26 Å². The molecule has 1 aromatic heterocycles. The molecular formula is C22H24N8O7S2. The average Bonchev–Trinajstić information content (AvgIpc) is 3.20. The number of azo groups is 1. The highest BCUT2D eigenvalue weighted by Gasteiger charge is 2.22. The molecule has 17 heteroatoms. The van der Waals surface area contributed by atoms with E-state index >= 15 is 0 Å². The Morgan fingerprint density at radius 3 is 2.49 bits per heavy atom. The third-order valence-corrected chi connectivity index (χ3v) is 6.66. The molecule has 0 saturated heterocycles. The highest BCUT2D eigenvalue weighted by molar-refractivity contribution is 7.94. The van der Waals surface area contributed by atoms with Crippen LogP contribution < -0.4 is 10.2 Å². The lowest BCUT2D eigenvalue weighted by Gasteiger charge is -2.17. The van der Waals surface area contributed by atoms with Crippen LogP contribution in [-0.2, 0) is 19.5 Å². The monoisotopic (exact) mass is 576 g/mol. The van der Waals surface area contributed by atoms with Crippen molar-refractivity contribution < 1.29 is 32.4 Å². The van der Waals surface area contributed by atoms with Crippen molar-refractivity contribution in [3.8, 4) is 11.8 Å². The predicted molar refractivity (Wildman–Crippen MR) is 141 cm³/mol. The Kier molecular flexibility index (Phi) is 9.24. The Bertz CT molecular complexity index is 1560. The van der Waals surface area contributed by atoms with Gasteiger partial charge in [-0.15, -0.1) is 14.6 Å². The number of hydrogen-bond acceptors (Lipinski definition) is 12. The molecule has 0 radical (unpaired) electrons. The Hall–Kier alpha value is -4.05. The second-order valence-electron chi connectivity index (χ2n) is 8.26. The number of benzene rings is 2. The molecule has 1 heterocycles. The molecule has 39 heavy (non-hydrogen) atoms. The fourth-order valence-corrected chi connectivity index (χ4v) is 4.13. The van der Waals surface area contributed by atoms with Crippen LogP contribution in [0.3, 0.4) is 0 Å². The lowest BCUT2D eigenvalue weighted by atomic mass is 10.2. The van der Waals surface area contributed by atoms with Gasteiger partial charge in [-0.3, -0.25) is 4.55 Å². The summed E-state index contributed by atoms with van der Waals surface area (Å²) in [6.07, 6.45) is 0. The number of amides is 2. The first-order valence-electron chi connectivity index (χ1n) is 10.8. The maximum atomic E-state index is 12.4. The van der Waals surface area contributed by atoms with Gasteiger partial charge in [-0.05, 0) is 43.3 Å². The lowest BCUT2D eigenvalue weighted by Crippen LogP contribution is -2.27. The van der Waals surface area contributed by atoms with Crippen molar-refractivity contribution >= 4 is 51.1 Å². The smallest absolute Gasteiger partial charge is 0.321 e. The van der Waals surface area contributed by atoms with E-state index in [9.17, 15) is 23.0 Å². The minimum atomic E-state index is -4.62. The maximum absolute atomic E-state index is 12.4. The molecule has 0 spiro atoms. The third-order valence-electron chi connectivity index (χ3n) is 5.16. The molecule has 3 N–H and O–H groups in total. The van der Waals surface area contributed by atoms with E-state index in [2.05, 4.69) is 30.0 Å². The summed E-state index contributed by atoms with van der Waals surface area (Å²) in [5.74, 6) is -0.0872. The molecule has 0 aliphatic carbocycles. The number of nitrogens with one attached hydrogen (secondary N) is 1. The zero-order chi connectivity index (χ0) is 28.9. The summed E-state index contributed by atoms with van der Waals surface area (Å²) in [5.41, 5.74) is 1.64. The number of aryl methyl sites for hydroxylation is 1. The van der Waals surface area contributed by atoms with Gasteiger partial charge in [0.25, 0.3) is 10.1 Å². The number of anilines is 2. The molecule has 15 nitrogen and oxygen atoms in total. The van der Waals surface area contributed by atoms with E-state index in [-0.39, 0.29) is 33.3 Å². The molecule has 0 fully saturated rings. The minimum absolute atomic E-state index is 0.00909. The molecule has 0 atom stereocenters. The van der Waals surface area contributed by atoms with E-state index in [1.165, 1.54) is 17.9 Å². The number of rotatable bonds is 9. The summed E-state index contributed by atoms with van der Waals surface area (Å²) in [5, 5.41) is 37.5. The summed E-state index contributed by atoms with van der Waals surface area (Å²) in [6, 6.07) is 10.1. The third kappa shape index (κ3) is 6.88. The van der Waals surface area contributed by atoms with Crippen LogP contribution in [0.1, 0.15) is 11.3 Å². The largest absolute Gasteiger partial charge is 0.378 e. The van der Waals surface area contributed by atoms with Gasteiger partial charge in [0.15, 0.2) is 5.82 Å². The summed E-state index contributed by atoms with van der Waals surface area (Å²) in [7, 11) is 2.19. The second-order valence-corrected chi connectivity index (χ2v) is 10.4. The summed E-state index contributed by atoms with van der Waals surface area (Å²) >= 11 is 0.502. The summed E-state index contributed by atoms with van der Waals surface area (Å²) in [4.78, 5) is 15.2. The van der Waals surface area contributed by atoms with Crippen LogP contribution in [0.25, 0.3) is 5.69 Å². The molecule has 206 valence electrons. The zero-order valence-electron chi connectivity index (χ0n) is 21.3. The lowest BCUT2D eigenvalue weighted by molar-refractivity contribution is -0.432. The molecule has 2 amide bonds. The molecule has 0 bridgehead atoms. The first-order valence-corrected chi connectivity index (χ1v) is 13.0. The van der Waals surface area contributed by atoms with Gasteiger partial charge in [0.2, 0.25) is 0 Å². The molecule has 0 saturated carbocycles. The molecule has 0 aliphatic rings. The summed E-state index contributed by atoms with van der Waals surface area (Å²) < 4.78 is 38.8. The predicted octanol–water partition coefficient (Wildman–Crippen LogP) is 4.30. The molecule has 3 aromatic rings. The Morgan fingerprint density at radius 2 is 1.90 bits per heavy atom. The second kappa shape index (κ2) is 12.2. The van der Waals surface area contributed by atoms with Gasteiger partial charge in [0.05, 0.1) is 38.9 Å². The van der Waals surface area contributed by atoms with Crippen LogP contribution >= 0.6 is 12.0 Å². The highest BCUT2D eigenvalue weighted by atomic mass is 32.2. The van der Waals surface area contributed by atoms with Gasteiger partial charge < -0.3 is 15.1 Å². The average molecular weight is 577 g/mol. The standard InChI is InChI=1S/C22H24N8O7S2/c1-13-16(12-23)21(26-25-17-8-6-14(28(2)3)10-18(17)24-22(31)29(4)5)30(27-13)19-11-15(39(33,34)35)7-9-20(19)38-37-36-32/h6-11,32H,1-5H3,(H,24,31)(H,33,34,35). The van der Waals surface area contributed by atoms with E-state index in [1.807, 2.05) is 25.1 Å². The normalized spacial score (nSPS) is 11.4. The van der Waals surface area contributed by atoms with Crippen LogP contribution in [0.15, 0.2) is 56.4 Å². The van der Waals surface area contributed by atoms with E-state index in [1.54, 1.807) is 32.3 Å². The van der Waals surface area contributed by atoms with Crippen molar-refractivity contribution in [1.82, 2.24) is 14.7 Å². The van der Waals surface area contributed by atoms with Crippen LogP contribution in [0.2, 0.25) is 0 Å². The van der Waals surface area contributed by atoms with Crippen molar-refractivity contribution in [2.75, 3.05) is 38.4 Å². The fourth-order valence-electron chi connectivity index (χ4n) is 3.17. The summed E-state index contributed by atoms with van der Waals surface area (Å²) in [6.45, 7) is 1.54. The number of hydrogen-bond donors (Lipinski definition) is 3. The SMILES string of the molecule is Cc1nn(-c2cc(S(=O)(=O)O)ccc2SOOO)c(N=Nc2ccc(N(C)C)cc2NC(=O)N(C)C)c1C#N. The first kappa shape index (κ1) is 29.5. The van der Waals surface area contributed by atoms with Crippen LogP contribution in [0.4, 0.5) is 27.7 Å². The number of carbonyl (C=O) groups excluding carboxylic acids is 1. The van der Waals surface area contributed by atoms with Crippen molar-refractivity contribution in [2.45, 2.75) is 16.7 Å². The first-order chi connectivity index (χ1) is 18.4. The number of nitriles is 1. The van der Waals surface area contributed by atoms with Crippen molar-refractivity contribution in [3.05, 3.63) is 47.7 Å². The van der Waals surface area contributed by atoms with Gasteiger partial charge in [-0.2, -0.15) is 18.8 Å². The van der Waals surface area contributed by atoms with Crippen molar-refractivity contribution in [1.29, 1.82) is 5.26 Å². The van der Waals surface area contributed by atoms with Crippen molar-refractivity contribution in [3.63, 3.8) is 0 Å². The van der Waals surface area contributed by atoms with Gasteiger partial charge in [-0.1, -0.05) is 5.04 Å². The molecule has 2 aromatic carbocycles. The van der Waals surface area contributed by atoms with Crippen molar-refractivity contribution in [2.24, 2.45) is 10.2 Å². The van der Waals surface area contributed by atoms with Gasteiger partial charge in [-0.25, -0.2) is 14.7 Å². The topological polar surface area (TPSA) is 195 Å². The Morgan fingerprint density at radius 1 is 1.18 bits per heavy atom. The van der Waals surface area contributed by atoms with E-state index in [0.29, 0.717) is 17.7 Å². The quantitative estimate of drug-likeness (QED) is 0.108. The molecule has 0 aliphatic heterocycles.